The van der Waals surface area contributed by atoms with Crippen LogP contribution in [0.1, 0.15) is 5.56 Å². The van der Waals surface area contributed by atoms with Crippen molar-refractivity contribution in [2.75, 3.05) is 30.9 Å². The Balaban J connectivity index is 1.69. The minimum atomic E-state index is 0.758. The van der Waals surface area contributed by atoms with Crippen LogP contribution in [0.4, 0.5) is 0 Å². The molecule has 0 radical (unpaired) electrons. The quantitative estimate of drug-likeness (QED) is 0.905. The first kappa shape index (κ1) is 15.1. The molecule has 0 aromatic heterocycles. The van der Waals surface area contributed by atoms with Crippen LogP contribution in [0, 0.1) is 0 Å². The fourth-order valence-corrected chi connectivity index (χ4v) is 5.33. The number of hydrogen-bond acceptors (Lipinski definition) is 4. The Kier molecular flexibility index (Phi) is 5.33. The third kappa shape index (κ3) is 3.68. The Morgan fingerprint density at radius 1 is 1.14 bits per heavy atom. The molecule has 4 heteroatoms. The number of ether oxygens (including phenoxy) is 1. The van der Waals surface area contributed by atoms with Gasteiger partial charge in [-0.2, -0.15) is 23.5 Å². The maximum absolute atomic E-state index is 5.46. The van der Waals surface area contributed by atoms with Crippen molar-refractivity contribution in [3.8, 4) is 5.75 Å². The van der Waals surface area contributed by atoms with Crippen molar-refractivity contribution in [3.05, 3.63) is 42.0 Å². The van der Waals surface area contributed by atoms with Crippen LogP contribution in [0.3, 0.4) is 0 Å². The van der Waals surface area contributed by atoms with Crippen molar-refractivity contribution in [2.45, 2.75) is 11.8 Å². The SMILES string of the molecule is COc1ccc(CNCC2CSCCS2)c2ccccc12. The van der Waals surface area contributed by atoms with E-state index >= 15 is 0 Å². The largest absolute Gasteiger partial charge is 0.496 e. The molecular weight excluding hydrogens is 298 g/mol. The second kappa shape index (κ2) is 7.43. The van der Waals surface area contributed by atoms with Crippen molar-refractivity contribution in [2.24, 2.45) is 0 Å². The van der Waals surface area contributed by atoms with Gasteiger partial charge in [-0.1, -0.05) is 30.3 Å². The van der Waals surface area contributed by atoms with Gasteiger partial charge >= 0.3 is 0 Å². The maximum atomic E-state index is 5.46. The first-order valence-electron chi connectivity index (χ1n) is 7.33. The topological polar surface area (TPSA) is 21.3 Å². The van der Waals surface area contributed by atoms with E-state index in [1.54, 1.807) is 7.11 Å². The van der Waals surface area contributed by atoms with Crippen molar-refractivity contribution in [1.82, 2.24) is 5.32 Å². The van der Waals surface area contributed by atoms with Gasteiger partial charge < -0.3 is 10.1 Å². The molecule has 3 rings (SSSR count). The van der Waals surface area contributed by atoms with Gasteiger partial charge in [-0.25, -0.2) is 0 Å². The van der Waals surface area contributed by atoms with Crippen LogP contribution >= 0.6 is 23.5 Å². The molecule has 2 aromatic carbocycles. The summed E-state index contributed by atoms with van der Waals surface area (Å²) < 4.78 is 5.46. The van der Waals surface area contributed by atoms with Crippen LogP contribution in [-0.2, 0) is 6.54 Å². The molecule has 1 heterocycles. The van der Waals surface area contributed by atoms with E-state index in [9.17, 15) is 0 Å². The zero-order valence-electron chi connectivity index (χ0n) is 12.3. The lowest BCUT2D eigenvalue weighted by Crippen LogP contribution is -2.28. The first-order chi connectivity index (χ1) is 10.4. The lowest BCUT2D eigenvalue weighted by molar-refractivity contribution is 0.419. The number of hydrogen-bond donors (Lipinski definition) is 1. The number of rotatable bonds is 5. The van der Waals surface area contributed by atoms with Crippen LogP contribution in [0.2, 0.25) is 0 Å². The normalized spacial score (nSPS) is 18.8. The molecular formula is C17H21NOS2. The number of fused-ring (bicyclic) bond motifs is 1. The first-order valence-corrected chi connectivity index (χ1v) is 9.53. The van der Waals surface area contributed by atoms with Gasteiger partial charge in [0.15, 0.2) is 0 Å². The van der Waals surface area contributed by atoms with E-state index in [4.69, 9.17) is 4.74 Å². The lowest BCUT2D eigenvalue weighted by Gasteiger charge is -2.21. The predicted molar refractivity (Wildman–Crippen MR) is 95.8 cm³/mol. The summed E-state index contributed by atoms with van der Waals surface area (Å²) in [5, 5.41) is 6.87. The zero-order valence-corrected chi connectivity index (χ0v) is 13.9. The summed E-state index contributed by atoms with van der Waals surface area (Å²) in [4.78, 5) is 0. The second-order valence-corrected chi connectivity index (χ2v) is 7.73. The summed E-state index contributed by atoms with van der Waals surface area (Å²) in [7, 11) is 1.73. The molecule has 0 spiro atoms. The zero-order chi connectivity index (χ0) is 14.5. The molecule has 1 fully saturated rings. The average Bonchev–Trinajstić information content (AvgIpc) is 2.56. The molecule has 0 aliphatic carbocycles. The predicted octanol–water partition coefficient (Wildman–Crippen LogP) is 3.79. The number of benzene rings is 2. The molecule has 2 aromatic rings. The third-order valence-corrected chi connectivity index (χ3v) is 6.61. The van der Waals surface area contributed by atoms with Gasteiger partial charge in [-0.3, -0.25) is 0 Å². The molecule has 21 heavy (non-hydrogen) atoms. The fraction of sp³-hybridized carbons (Fsp3) is 0.412. The number of thioether (sulfide) groups is 2. The Labute approximate surface area is 135 Å². The highest BCUT2D eigenvalue weighted by molar-refractivity contribution is 8.06. The van der Waals surface area contributed by atoms with Gasteiger partial charge in [0.05, 0.1) is 7.11 Å². The second-order valence-electron chi connectivity index (χ2n) is 5.17. The van der Waals surface area contributed by atoms with E-state index in [0.717, 1.165) is 24.1 Å². The smallest absolute Gasteiger partial charge is 0.126 e. The van der Waals surface area contributed by atoms with Gasteiger partial charge in [0.1, 0.15) is 5.75 Å². The standard InChI is InChI=1S/C17H21NOS2/c1-19-17-7-6-13(15-4-2-3-5-16(15)17)10-18-11-14-12-20-8-9-21-14/h2-7,14,18H,8-12H2,1H3. The molecule has 0 saturated carbocycles. The minimum Gasteiger partial charge on any atom is -0.496 e. The van der Waals surface area contributed by atoms with Gasteiger partial charge in [0.25, 0.3) is 0 Å². The van der Waals surface area contributed by atoms with E-state index in [-0.39, 0.29) is 0 Å². The van der Waals surface area contributed by atoms with Crippen LogP contribution in [0.15, 0.2) is 36.4 Å². The molecule has 112 valence electrons. The number of methoxy groups -OCH3 is 1. The molecule has 1 aliphatic heterocycles. The Morgan fingerprint density at radius 2 is 2.00 bits per heavy atom. The molecule has 1 unspecified atom stereocenters. The Bertz CT molecular complexity index is 596. The number of nitrogens with one attached hydrogen (secondary N) is 1. The molecule has 0 bridgehead atoms. The van der Waals surface area contributed by atoms with Gasteiger partial charge in [-0.15, -0.1) is 0 Å². The summed E-state index contributed by atoms with van der Waals surface area (Å²) >= 11 is 4.18. The Hall–Kier alpha value is -0.840. The van der Waals surface area contributed by atoms with Crippen LogP contribution < -0.4 is 10.1 Å². The highest BCUT2D eigenvalue weighted by Crippen LogP contribution is 2.28. The highest BCUT2D eigenvalue weighted by atomic mass is 32.2. The maximum Gasteiger partial charge on any atom is 0.126 e. The van der Waals surface area contributed by atoms with Crippen LogP contribution in [-0.4, -0.2) is 36.2 Å². The molecule has 1 aliphatic rings. The monoisotopic (exact) mass is 319 g/mol. The van der Waals surface area contributed by atoms with Gasteiger partial charge in [0.2, 0.25) is 0 Å². The van der Waals surface area contributed by atoms with Crippen molar-refractivity contribution in [3.63, 3.8) is 0 Å². The Morgan fingerprint density at radius 3 is 2.76 bits per heavy atom. The molecule has 1 atom stereocenters. The van der Waals surface area contributed by atoms with Crippen molar-refractivity contribution < 1.29 is 4.74 Å². The summed E-state index contributed by atoms with van der Waals surface area (Å²) in [5.41, 5.74) is 1.35. The van der Waals surface area contributed by atoms with Gasteiger partial charge in [-0.05, 0) is 17.0 Å². The molecule has 0 amide bonds. The van der Waals surface area contributed by atoms with E-state index in [2.05, 4.69) is 65.2 Å². The van der Waals surface area contributed by atoms with E-state index in [1.165, 1.54) is 33.6 Å². The summed E-state index contributed by atoms with van der Waals surface area (Å²) in [6.45, 7) is 2.02. The third-order valence-electron chi connectivity index (χ3n) is 3.77. The van der Waals surface area contributed by atoms with Crippen molar-refractivity contribution >= 4 is 34.3 Å². The van der Waals surface area contributed by atoms with E-state index in [1.807, 2.05) is 0 Å². The summed E-state index contributed by atoms with van der Waals surface area (Å²) in [5.74, 6) is 4.84. The summed E-state index contributed by atoms with van der Waals surface area (Å²) in [6, 6.07) is 12.7. The molecule has 1 saturated heterocycles. The van der Waals surface area contributed by atoms with Crippen LogP contribution in [0.25, 0.3) is 10.8 Å². The lowest BCUT2D eigenvalue weighted by atomic mass is 10.0. The fourth-order valence-electron chi connectivity index (χ4n) is 2.69. The van der Waals surface area contributed by atoms with E-state index in [0.29, 0.717) is 0 Å². The molecule has 2 nitrogen and oxygen atoms in total. The highest BCUT2D eigenvalue weighted by Gasteiger charge is 2.14. The average molecular weight is 319 g/mol. The van der Waals surface area contributed by atoms with E-state index < -0.39 is 0 Å². The summed E-state index contributed by atoms with van der Waals surface area (Å²) in [6.07, 6.45) is 0. The minimum absolute atomic E-state index is 0.758. The molecule has 1 N–H and O–H groups in total. The van der Waals surface area contributed by atoms with Gasteiger partial charge in [0, 0.05) is 41.0 Å². The van der Waals surface area contributed by atoms with Crippen molar-refractivity contribution in [1.29, 1.82) is 0 Å². The van der Waals surface area contributed by atoms with Crippen LogP contribution in [0.5, 0.6) is 5.75 Å².